The molecule has 206 valence electrons. The Morgan fingerprint density at radius 2 is 1.77 bits per heavy atom. The van der Waals surface area contributed by atoms with Crippen LogP contribution in [0, 0.1) is 24.1 Å². The van der Waals surface area contributed by atoms with E-state index in [1.54, 1.807) is 28.5 Å². The number of anilines is 2. The summed E-state index contributed by atoms with van der Waals surface area (Å²) in [6, 6.07) is 8.57. The summed E-state index contributed by atoms with van der Waals surface area (Å²) in [6.07, 6.45) is 4.28. The molecule has 1 unspecified atom stereocenters. The molecule has 0 N–H and O–H groups in total. The van der Waals surface area contributed by atoms with Gasteiger partial charge < -0.3 is 9.80 Å². The van der Waals surface area contributed by atoms with Gasteiger partial charge in [0, 0.05) is 50.0 Å². The van der Waals surface area contributed by atoms with E-state index < -0.39 is 0 Å². The number of carbonyl (C=O) groups is 1. The van der Waals surface area contributed by atoms with Gasteiger partial charge in [-0.05, 0) is 62.6 Å². The molecule has 1 aromatic carbocycles. The smallest absolute Gasteiger partial charge is 0.270 e. The number of unbranched alkanes of at least 4 members (excludes halogenated alkanes) is 1. The first-order valence-electron chi connectivity index (χ1n) is 13.4. The number of nitriles is 1. The number of benzene rings is 1. The Kier molecular flexibility index (Phi) is 9.13. The van der Waals surface area contributed by atoms with Crippen molar-refractivity contribution in [3.8, 4) is 6.07 Å². The van der Waals surface area contributed by atoms with Crippen LogP contribution in [0.1, 0.15) is 56.7 Å². The molecule has 0 radical (unpaired) electrons. The Morgan fingerprint density at radius 1 is 1.13 bits per heavy atom. The van der Waals surface area contributed by atoms with Gasteiger partial charge in [-0.3, -0.25) is 19.1 Å². The molecule has 7 nitrogen and oxygen atoms in total. The van der Waals surface area contributed by atoms with Gasteiger partial charge in [-0.25, -0.2) is 4.39 Å². The van der Waals surface area contributed by atoms with Crippen LogP contribution in [0.3, 0.4) is 0 Å². The van der Waals surface area contributed by atoms with Gasteiger partial charge in [-0.15, -0.1) is 0 Å². The summed E-state index contributed by atoms with van der Waals surface area (Å²) in [4.78, 5) is 33.4. The monoisotopic (exact) mass is 567 g/mol. The fraction of sp³-hybridized carbons (Fsp3) is 0.448. The molecule has 1 atom stereocenters. The van der Waals surface area contributed by atoms with E-state index in [1.807, 2.05) is 19.9 Å². The highest BCUT2D eigenvalue weighted by molar-refractivity contribution is 8.26. The molecule has 10 heteroatoms. The van der Waals surface area contributed by atoms with Gasteiger partial charge in [0.25, 0.3) is 11.5 Å². The van der Waals surface area contributed by atoms with E-state index in [4.69, 9.17) is 12.2 Å². The molecule has 2 fully saturated rings. The first-order chi connectivity index (χ1) is 18.7. The highest BCUT2D eigenvalue weighted by Gasteiger charge is 2.36. The third kappa shape index (κ3) is 5.75. The lowest BCUT2D eigenvalue weighted by Gasteiger charge is -2.39. The van der Waals surface area contributed by atoms with E-state index in [1.165, 1.54) is 23.9 Å². The lowest BCUT2D eigenvalue weighted by molar-refractivity contribution is -0.123. The Morgan fingerprint density at radius 3 is 2.36 bits per heavy atom. The molecule has 3 heterocycles. The van der Waals surface area contributed by atoms with E-state index in [0.29, 0.717) is 53.1 Å². The number of hydrogen-bond donors (Lipinski definition) is 0. The van der Waals surface area contributed by atoms with Crippen molar-refractivity contribution < 1.29 is 9.18 Å². The van der Waals surface area contributed by atoms with Gasteiger partial charge in [0.05, 0.1) is 4.91 Å². The summed E-state index contributed by atoms with van der Waals surface area (Å²) in [6.45, 7) is 10.9. The average Bonchev–Trinajstić information content (AvgIpc) is 3.22. The molecule has 0 saturated carbocycles. The van der Waals surface area contributed by atoms with Crippen LogP contribution in [0.15, 0.2) is 34.0 Å². The Labute approximate surface area is 238 Å². The minimum atomic E-state index is -0.302. The molecule has 2 aliphatic heterocycles. The maximum atomic E-state index is 13.5. The van der Waals surface area contributed by atoms with Crippen molar-refractivity contribution in [1.29, 1.82) is 5.26 Å². The molecule has 2 saturated heterocycles. The van der Waals surface area contributed by atoms with Gasteiger partial charge in [0.15, 0.2) is 0 Å². The van der Waals surface area contributed by atoms with Crippen LogP contribution in [-0.4, -0.2) is 51.9 Å². The molecule has 1 aromatic heterocycles. The summed E-state index contributed by atoms with van der Waals surface area (Å²) in [5.74, 6) is 0.321. The van der Waals surface area contributed by atoms with Crippen molar-refractivity contribution in [3.63, 3.8) is 0 Å². The summed E-state index contributed by atoms with van der Waals surface area (Å²) >= 11 is 6.81. The second-order valence-corrected chi connectivity index (χ2v) is 11.6. The molecule has 2 aliphatic rings. The van der Waals surface area contributed by atoms with E-state index in [0.717, 1.165) is 30.8 Å². The molecule has 0 spiro atoms. The maximum Gasteiger partial charge on any atom is 0.270 e. The van der Waals surface area contributed by atoms with Crippen molar-refractivity contribution in [2.75, 3.05) is 36.0 Å². The lowest BCUT2D eigenvalue weighted by Crippen LogP contribution is -2.48. The van der Waals surface area contributed by atoms with Crippen LogP contribution in [0.4, 0.5) is 15.9 Å². The van der Waals surface area contributed by atoms with Gasteiger partial charge in [0.2, 0.25) is 0 Å². The second kappa shape index (κ2) is 12.3. The van der Waals surface area contributed by atoms with Crippen molar-refractivity contribution in [3.05, 3.63) is 62.0 Å². The number of hydrogen-bond acceptors (Lipinski definition) is 7. The van der Waals surface area contributed by atoms with Crippen molar-refractivity contribution in [2.45, 2.75) is 59.5 Å². The minimum Gasteiger partial charge on any atom is -0.368 e. The number of halogens is 1. The standard InChI is InChI=1S/C29H34FN5O2S2/c1-5-7-12-34-26(33-15-13-32(14-16-33)22-10-8-21(30)9-11-22)23(20(4)24(18-31)27(34)36)17-25-28(37)35(19(3)6-2)29(38)39-25/h8-11,17,19H,5-7,12-16H2,1-4H3/b25-17+. The fourth-order valence-electron chi connectivity index (χ4n) is 5.01. The number of carbonyl (C=O) groups excluding carboxylic acids is 1. The zero-order chi connectivity index (χ0) is 28.3. The number of thioether (sulfide) groups is 1. The molecular formula is C29H34FN5O2S2. The van der Waals surface area contributed by atoms with Crippen LogP contribution in [0.25, 0.3) is 6.08 Å². The summed E-state index contributed by atoms with van der Waals surface area (Å²) < 4.78 is 15.7. The Hall–Kier alpha value is -3.16. The lowest BCUT2D eigenvalue weighted by atomic mass is 10.0. The highest BCUT2D eigenvalue weighted by Crippen LogP contribution is 2.37. The van der Waals surface area contributed by atoms with Crippen LogP contribution in [-0.2, 0) is 11.3 Å². The minimum absolute atomic E-state index is 0.0170. The molecule has 2 aromatic rings. The predicted octanol–water partition coefficient (Wildman–Crippen LogP) is 5.29. The second-order valence-electron chi connectivity index (χ2n) is 9.92. The highest BCUT2D eigenvalue weighted by atomic mass is 32.2. The van der Waals surface area contributed by atoms with Crippen LogP contribution < -0.4 is 15.4 Å². The largest absolute Gasteiger partial charge is 0.368 e. The topological polar surface area (TPSA) is 72.6 Å². The van der Waals surface area contributed by atoms with Crippen LogP contribution in [0.2, 0.25) is 0 Å². The molecular weight excluding hydrogens is 533 g/mol. The molecule has 39 heavy (non-hydrogen) atoms. The normalized spacial score (nSPS) is 17.7. The average molecular weight is 568 g/mol. The Balaban J connectivity index is 1.79. The predicted molar refractivity (Wildman–Crippen MR) is 161 cm³/mol. The van der Waals surface area contributed by atoms with Crippen molar-refractivity contribution in [2.24, 2.45) is 0 Å². The number of aromatic nitrogens is 1. The van der Waals surface area contributed by atoms with Crippen LogP contribution in [0.5, 0.6) is 0 Å². The van der Waals surface area contributed by atoms with E-state index in [9.17, 15) is 19.2 Å². The zero-order valence-electron chi connectivity index (χ0n) is 22.9. The number of amides is 1. The van der Waals surface area contributed by atoms with Gasteiger partial charge >= 0.3 is 0 Å². The summed E-state index contributed by atoms with van der Waals surface area (Å²) in [7, 11) is 0. The van der Waals surface area contributed by atoms with Crippen molar-refractivity contribution in [1.82, 2.24) is 9.47 Å². The van der Waals surface area contributed by atoms with Gasteiger partial charge in [-0.2, -0.15) is 5.26 Å². The number of nitrogens with zero attached hydrogens (tertiary/aromatic N) is 5. The number of rotatable bonds is 8. The molecule has 0 aliphatic carbocycles. The molecule has 4 rings (SSSR count). The van der Waals surface area contributed by atoms with Gasteiger partial charge in [-0.1, -0.05) is 44.2 Å². The first kappa shape index (κ1) is 28.8. The van der Waals surface area contributed by atoms with Crippen molar-refractivity contribution >= 4 is 51.8 Å². The maximum absolute atomic E-state index is 13.5. The number of pyridine rings is 1. The summed E-state index contributed by atoms with van der Waals surface area (Å²) in [5, 5.41) is 9.92. The summed E-state index contributed by atoms with van der Waals surface area (Å²) in [5.41, 5.74) is 2.03. The number of piperazine rings is 1. The Bertz CT molecular complexity index is 1390. The van der Waals surface area contributed by atoms with Gasteiger partial charge in [0.1, 0.15) is 27.6 Å². The molecule has 1 amide bonds. The van der Waals surface area contributed by atoms with E-state index in [-0.39, 0.29) is 28.9 Å². The molecule has 0 bridgehead atoms. The van der Waals surface area contributed by atoms with E-state index in [2.05, 4.69) is 22.8 Å². The van der Waals surface area contributed by atoms with E-state index >= 15 is 0 Å². The third-order valence-corrected chi connectivity index (χ3v) is 8.81. The first-order valence-corrected chi connectivity index (χ1v) is 14.6. The third-order valence-electron chi connectivity index (χ3n) is 7.48. The van der Waals surface area contributed by atoms with Crippen LogP contribution >= 0.6 is 24.0 Å². The zero-order valence-corrected chi connectivity index (χ0v) is 24.5. The SMILES string of the molecule is CCCCn1c(N2CCN(c3ccc(F)cc3)CC2)c(/C=C2/SC(=S)N(C(C)CC)C2=O)c(C)c(C#N)c1=O. The quantitative estimate of drug-likeness (QED) is 0.317. The fourth-order valence-corrected chi connectivity index (χ4v) is 6.45. The number of thiocarbonyl (C=S) groups is 1.